The van der Waals surface area contributed by atoms with Gasteiger partial charge in [0.15, 0.2) is 0 Å². The van der Waals surface area contributed by atoms with Crippen molar-refractivity contribution in [1.29, 1.82) is 0 Å². The molecule has 0 bridgehead atoms. The summed E-state index contributed by atoms with van der Waals surface area (Å²) >= 11 is 0. The first kappa shape index (κ1) is 9.85. The van der Waals surface area contributed by atoms with Crippen molar-refractivity contribution in [2.24, 2.45) is 0 Å². The van der Waals surface area contributed by atoms with E-state index in [1.807, 2.05) is 6.92 Å². The van der Waals surface area contributed by atoms with E-state index in [0.29, 0.717) is 13.0 Å². The number of quaternary nitrogens is 1. The van der Waals surface area contributed by atoms with E-state index >= 15 is 0 Å². The van der Waals surface area contributed by atoms with E-state index in [1.165, 1.54) is 0 Å². The van der Waals surface area contributed by atoms with Crippen molar-refractivity contribution >= 4 is 0 Å². The van der Waals surface area contributed by atoms with Crippen molar-refractivity contribution in [3.8, 4) is 0 Å². The van der Waals surface area contributed by atoms with E-state index in [2.05, 4.69) is 0 Å². The van der Waals surface area contributed by atoms with Gasteiger partial charge in [-0.1, -0.05) is 6.92 Å². The van der Waals surface area contributed by atoms with E-state index in [9.17, 15) is 4.39 Å². The van der Waals surface area contributed by atoms with Gasteiger partial charge in [-0.25, -0.2) is 0 Å². The lowest BCUT2D eigenvalue weighted by molar-refractivity contribution is -0.930. The topological polar surface area (TPSA) is 20.2 Å². The van der Waals surface area contributed by atoms with Gasteiger partial charge in [-0.3, -0.25) is 4.48 Å². The summed E-state index contributed by atoms with van der Waals surface area (Å²) in [4.78, 5) is 0. The minimum absolute atomic E-state index is 0.0490. The Bertz CT molecular complexity index is 95.6. The third kappa shape index (κ3) is 2.62. The molecule has 0 aliphatic rings. The van der Waals surface area contributed by atoms with Gasteiger partial charge >= 0.3 is 0 Å². The van der Waals surface area contributed by atoms with Crippen LogP contribution in [0.4, 0.5) is 4.39 Å². The summed E-state index contributed by atoms with van der Waals surface area (Å²) < 4.78 is 13.2. The van der Waals surface area contributed by atoms with Gasteiger partial charge in [0.1, 0.15) is 6.54 Å². The maximum atomic E-state index is 13.0. The molecule has 0 aromatic carbocycles. The third-order valence-electron chi connectivity index (χ3n) is 1.77. The predicted molar refractivity (Wildman–Crippen MR) is 39.2 cm³/mol. The largest absolute Gasteiger partial charge is 0.391 e. The molecule has 0 saturated carbocycles. The second kappa shape index (κ2) is 3.88. The molecule has 0 aromatic heterocycles. The highest BCUT2D eigenvalue weighted by atomic mass is 19.1. The number of alkyl halides is 1. The Morgan fingerprint density at radius 1 is 1.50 bits per heavy atom. The van der Waals surface area contributed by atoms with Crippen LogP contribution < -0.4 is 0 Å². The fraction of sp³-hybridized carbons (Fsp3) is 1.00. The van der Waals surface area contributed by atoms with Crippen LogP contribution in [-0.4, -0.2) is 43.1 Å². The second-order valence-electron chi connectivity index (χ2n) is 3.07. The normalized spacial score (nSPS) is 15.3. The summed E-state index contributed by atoms with van der Waals surface area (Å²) in [6, 6.07) is 0. The number of aliphatic hydroxyl groups excluding tert-OH is 1. The fourth-order valence-corrected chi connectivity index (χ4v) is 0.892. The van der Waals surface area contributed by atoms with Crippen LogP contribution in [0.2, 0.25) is 0 Å². The average Bonchev–Trinajstić information content (AvgIpc) is 1.86. The van der Waals surface area contributed by atoms with Gasteiger partial charge in [-0.05, 0) is 0 Å². The molecule has 62 valence electrons. The zero-order chi connectivity index (χ0) is 8.20. The quantitative estimate of drug-likeness (QED) is 0.463. The van der Waals surface area contributed by atoms with Crippen LogP contribution in [0.15, 0.2) is 0 Å². The minimum Gasteiger partial charge on any atom is -0.391 e. The summed E-state index contributed by atoms with van der Waals surface area (Å²) in [6.07, 6.45) is -0.348. The number of nitrogens with zero attached hydrogens (tertiary/aromatic N) is 1. The molecule has 1 atom stereocenters. The summed E-state index contributed by atoms with van der Waals surface area (Å²) in [6.45, 7) is 2.34. The van der Waals surface area contributed by atoms with E-state index < -0.39 is 6.30 Å². The number of hydrogen-bond acceptors (Lipinski definition) is 1. The van der Waals surface area contributed by atoms with Gasteiger partial charge in [0, 0.05) is 6.42 Å². The maximum absolute atomic E-state index is 13.0. The molecule has 0 aliphatic heterocycles. The highest BCUT2D eigenvalue weighted by molar-refractivity contribution is 4.38. The van der Waals surface area contributed by atoms with E-state index in [1.54, 1.807) is 14.1 Å². The molecule has 3 heteroatoms. The number of aliphatic hydroxyl groups is 1. The molecule has 0 aliphatic carbocycles. The fourth-order valence-electron chi connectivity index (χ4n) is 0.892. The first-order valence-electron chi connectivity index (χ1n) is 3.62. The van der Waals surface area contributed by atoms with Crippen molar-refractivity contribution in [3.05, 3.63) is 0 Å². The Labute approximate surface area is 61.9 Å². The highest BCUT2D eigenvalue weighted by Gasteiger charge is 2.24. The molecule has 0 fully saturated rings. The standard InChI is InChI=1S/C7H17FNO/c1-4-7(8)9(2,3)5-6-10/h7,10H,4-6H2,1-3H3/q+1. The van der Waals surface area contributed by atoms with Crippen LogP contribution in [0.5, 0.6) is 0 Å². The molecule has 0 radical (unpaired) electrons. The monoisotopic (exact) mass is 150 g/mol. The summed E-state index contributed by atoms with van der Waals surface area (Å²) in [5.41, 5.74) is 0. The third-order valence-corrected chi connectivity index (χ3v) is 1.77. The minimum atomic E-state index is -0.854. The Kier molecular flexibility index (Phi) is 3.83. The molecule has 10 heavy (non-hydrogen) atoms. The number of likely N-dealkylation sites (N-methyl/N-ethyl adjacent to an activating group) is 1. The molecule has 0 aromatic rings. The average molecular weight is 150 g/mol. The first-order chi connectivity index (χ1) is 4.54. The Balaban J connectivity index is 3.82. The predicted octanol–water partition coefficient (Wildman–Crippen LogP) is 0.761. The summed E-state index contributed by atoms with van der Waals surface area (Å²) in [7, 11) is 3.56. The van der Waals surface area contributed by atoms with Crippen molar-refractivity contribution in [1.82, 2.24) is 0 Å². The lowest BCUT2D eigenvalue weighted by atomic mass is 10.3. The number of rotatable bonds is 4. The SMILES string of the molecule is CCC(F)[N+](C)(C)CCO. The second-order valence-corrected chi connectivity index (χ2v) is 3.07. The van der Waals surface area contributed by atoms with Crippen molar-refractivity contribution < 1.29 is 14.0 Å². The molecule has 0 rings (SSSR count). The van der Waals surface area contributed by atoms with Gasteiger partial charge in [0.25, 0.3) is 0 Å². The van der Waals surface area contributed by atoms with Gasteiger partial charge in [0.2, 0.25) is 6.30 Å². The van der Waals surface area contributed by atoms with Gasteiger partial charge in [0.05, 0.1) is 20.7 Å². The maximum Gasteiger partial charge on any atom is 0.231 e. The van der Waals surface area contributed by atoms with Crippen LogP contribution >= 0.6 is 0 Å². The summed E-state index contributed by atoms with van der Waals surface area (Å²) in [5, 5.41) is 8.56. The Morgan fingerprint density at radius 3 is 2.30 bits per heavy atom. The van der Waals surface area contributed by atoms with Gasteiger partial charge in [-0.15, -0.1) is 0 Å². The van der Waals surface area contributed by atoms with Crippen molar-refractivity contribution in [2.75, 3.05) is 27.2 Å². The molecule has 0 heterocycles. The Hall–Kier alpha value is -0.150. The van der Waals surface area contributed by atoms with E-state index in [4.69, 9.17) is 5.11 Å². The van der Waals surface area contributed by atoms with Crippen LogP contribution in [0.3, 0.4) is 0 Å². The number of hydrogen-bond donors (Lipinski definition) is 1. The van der Waals surface area contributed by atoms with Crippen LogP contribution in [0, 0.1) is 0 Å². The molecule has 1 N–H and O–H groups in total. The highest BCUT2D eigenvalue weighted by Crippen LogP contribution is 2.10. The number of halogens is 1. The summed E-state index contributed by atoms with van der Waals surface area (Å²) in [5.74, 6) is 0. The zero-order valence-corrected chi connectivity index (χ0v) is 6.97. The molecule has 0 saturated heterocycles. The van der Waals surface area contributed by atoms with Crippen LogP contribution in [-0.2, 0) is 0 Å². The lowest BCUT2D eigenvalue weighted by Crippen LogP contribution is -2.47. The molecular weight excluding hydrogens is 133 g/mol. The molecule has 2 nitrogen and oxygen atoms in total. The van der Waals surface area contributed by atoms with Crippen LogP contribution in [0.1, 0.15) is 13.3 Å². The lowest BCUT2D eigenvalue weighted by Gasteiger charge is -2.31. The Morgan fingerprint density at radius 2 is 2.00 bits per heavy atom. The van der Waals surface area contributed by atoms with E-state index in [-0.39, 0.29) is 11.1 Å². The first-order valence-corrected chi connectivity index (χ1v) is 3.62. The van der Waals surface area contributed by atoms with Gasteiger partial charge in [-0.2, -0.15) is 4.39 Å². The van der Waals surface area contributed by atoms with Gasteiger partial charge < -0.3 is 5.11 Å². The smallest absolute Gasteiger partial charge is 0.231 e. The van der Waals surface area contributed by atoms with E-state index in [0.717, 1.165) is 0 Å². The van der Waals surface area contributed by atoms with Crippen molar-refractivity contribution in [2.45, 2.75) is 19.6 Å². The molecular formula is C7H17FNO+. The zero-order valence-electron chi connectivity index (χ0n) is 6.97. The molecule has 1 unspecified atom stereocenters. The molecule has 0 amide bonds. The van der Waals surface area contributed by atoms with Crippen molar-refractivity contribution in [3.63, 3.8) is 0 Å². The molecule has 0 spiro atoms. The van der Waals surface area contributed by atoms with Crippen LogP contribution in [0.25, 0.3) is 0 Å².